The molecule has 0 atom stereocenters. The van der Waals surface area contributed by atoms with Crippen molar-refractivity contribution in [3.63, 3.8) is 0 Å². The molecule has 0 aromatic carbocycles. The third-order valence-electron chi connectivity index (χ3n) is 3.71. The quantitative estimate of drug-likeness (QED) is 0.297. The lowest BCUT2D eigenvalue weighted by molar-refractivity contribution is 0.331. The predicted molar refractivity (Wildman–Crippen MR) is 91.1 cm³/mol. The number of aliphatic hydroxyl groups is 1. The maximum atomic E-state index is 8.87. The maximum absolute atomic E-state index is 8.87. The Morgan fingerprint density at radius 2 is 1.25 bits per heavy atom. The molecule has 0 unspecified atom stereocenters. The second kappa shape index (κ2) is 16.5. The molecule has 0 aliphatic carbocycles. The molecular weight excluding hydrogens is 244 g/mol. The molecule has 0 amide bonds. The van der Waals surface area contributed by atoms with E-state index in [2.05, 4.69) is 25.2 Å². The SMILES string of the molecule is CCCC/C=C/CCCCCCCCC/C=C(\C)CO. The van der Waals surface area contributed by atoms with Crippen molar-refractivity contribution in [1.82, 2.24) is 0 Å². The summed E-state index contributed by atoms with van der Waals surface area (Å²) in [7, 11) is 0. The molecule has 1 heteroatoms. The number of hydrogen-bond acceptors (Lipinski definition) is 1. The minimum absolute atomic E-state index is 0.215. The van der Waals surface area contributed by atoms with Crippen molar-refractivity contribution in [2.75, 3.05) is 6.61 Å². The van der Waals surface area contributed by atoms with Crippen LogP contribution in [0.1, 0.15) is 90.9 Å². The molecule has 1 nitrogen and oxygen atoms in total. The average molecular weight is 280 g/mol. The van der Waals surface area contributed by atoms with E-state index in [0.29, 0.717) is 0 Å². The zero-order valence-electron chi connectivity index (χ0n) is 13.9. The standard InChI is InChI=1S/C19H36O/c1-3-4-5-6-7-8-9-10-11-12-13-14-15-16-17-19(2)18-20/h6-7,17,20H,3-5,8-16,18H2,1-2H3/b7-6+,19-17+. The summed E-state index contributed by atoms with van der Waals surface area (Å²) in [5.41, 5.74) is 1.11. The van der Waals surface area contributed by atoms with Crippen molar-refractivity contribution in [3.8, 4) is 0 Å². The summed E-state index contributed by atoms with van der Waals surface area (Å²) in [5, 5.41) is 8.87. The van der Waals surface area contributed by atoms with E-state index in [-0.39, 0.29) is 6.61 Å². The summed E-state index contributed by atoms with van der Waals surface area (Å²) >= 11 is 0. The lowest BCUT2D eigenvalue weighted by atomic mass is 10.1. The fourth-order valence-electron chi connectivity index (χ4n) is 2.26. The first-order valence-electron chi connectivity index (χ1n) is 8.72. The number of hydrogen-bond donors (Lipinski definition) is 1. The van der Waals surface area contributed by atoms with E-state index in [0.717, 1.165) is 12.0 Å². The first-order chi connectivity index (χ1) is 9.81. The van der Waals surface area contributed by atoms with Gasteiger partial charge in [0, 0.05) is 0 Å². The van der Waals surface area contributed by atoms with Crippen LogP contribution in [0.25, 0.3) is 0 Å². The number of rotatable bonds is 14. The monoisotopic (exact) mass is 280 g/mol. The summed E-state index contributed by atoms with van der Waals surface area (Å²) in [4.78, 5) is 0. The van der Waals surface area contributed by atoms with Crippen molar-refractivity contribution in [3.05, 3.63) is 23.8 Å². The maximum Gasteiger partial charge on any atom is 0.0639 e. The smallest absolute Gasteiger partial charge is 0.0639 e. The van der Waals surface area contributed by atoms with Gasteiger partial charge in [0.1, 0.15) is 0 Å². The second-order valence-corrected chi connectivity index (χ2v) is 5.87. The van der Waals surface area contributed by atoms with Gasteiger partial charge in [-0.25, -0.2) is 0 Å². The molecule has 0 aliphatic heterocycles. The Morgan fingerprint density at radius 1 is 0.750 bits per heavy atom. The molecule has 0 saturated carbocycles. The lowest BCUT2D eigenvalue weighted by Gasteiger charge is -2.01. The third-order valence-corrected chi connectivity index (χ3v) is 3.71. The van der Waals surface area contributed by atoms with E-state index in [1.807, 2.05) is 6.92 Å². The number of allylic oxidation sites excluding steroid dienone is 3. The van der Waals surface area contributed by atoms with E-state index in [9.17, 15) is 0 Å². The van der Waals surface area contributed by atoms with E-state index in [4.69, 9.17) is 5.11 Å². The number of unbranched alkanes of at least 4 members (excludes halogenated alkanes) is 10. The average Bonchev–Trinajstić information content (AvgIpc) is 2.47. The molecule has 0 radical (unpaired) electrons. The molecule has 1 N–H and O–H groups in total. The van der Waals surface area contributed by atoms with Crippen LogP contribution in [0.5, 0.6) is 0 Å². The Balaban J connectivity index is 3.12. The van der Waals surface area contributed by atoms with E-state index in [1.54, 1.807) is 0 Å². The van der Waals surface area contributed by atoms with Crippen LogP contribution < -0.4 is 0 Å². The summed E-state index contributed by atoms with van der Waals surface area (Å²) in [5.74, 6) is 0. The zero-order valence-corrected chi connectivity index (χ0v) is 13.9. The molecule has 0 rings (SSSR count). The Morgan fingerprint density at radius 3 is 1.80 bits per heavy atom. The van der Waals surface area contributed by atoms with E-state index in [1.165, 1.54) is 70.6 Å². The summed E-state index contributed by atoms with van der Waals surface area (Å²) in [6.07, 6.45) is 22.7. The van der Waals surface area contributed by atoms with Crippen LogP contribution >= 0.6 is 0 Å². The molecule has 118 valence electrons. The van der Waals surface area contributed by atoms with Gasteiger partial charge in [0.25, 0.3) is 0 Å². The van der Waals surface area contributed by atoms with E-state index < -0.39 is 0 Å². The van der Waals surface area contributed by atoms with Crippen LogP contribution in [0.4, 0.5) is 0 Å². The normalized spacial score (nSPS) is 12.4. The first kappa shape index (κ1) is 19.4. The van der Waals surface area contributed by atoms with Crippen LogP contribution in [-0.4, -0.2) is 11.7 Å². The second-order valence-electron chi connectivity index (χ2n) is 5.87. The van der Waals surface area contributed by atoms with Gasteiger partial charge in [-0.2, -0.15) is 0 Å². The van der Waals surface area contributed by atoms with Gasteiger partial charge in [-0.1, -0.05) is 75.7 Å². The van der Waals surface area contributed by atoms with Gasteiger partial charge in [-0.05, 0) is 39.0 Å². The highest BCUT2D eigenvalue weighted by molar-refractivity contribution is 4.97. The van der Waals surface area contributed by atoms with Crippen LogP contribution in [0.2, 0.25) is 0 Å². The minimum atomic E-state index is 0.215. The van der Waals surface area contributed by atoms with Crippen molar-refractivity contribution in [1.29, 1.82) is 0 Å². The first-order valence-corrected chi connectivity index (χ1v) is 8.72. The third kappa shape index (κ3) is 15.5. The van der Waals surface area contributed by atoms with Crippen LogP contribution in [-0.2, 0) is 0 Å². The number of aliphatic hydroxyl groups excluding tert-OH is 1. The minimum Gasteiger partial charge on any atom is -0.392 e. The molecule has 0 fully saturated rings. The molecule has 0 bridgehead atoms. The summed E-state index contributed by atoms with van der Waals surface area (Å²) in [6.45, 7) is 4.46. The largest absolute Gasteiger partial charge is 0.392 e. The van der Waals surface area contributed by atoms with Crippen molar-refractivity contribution in [2.45, 2.75) is 90.9 Å². The van der Waals surface area contributed by atoms with Gasteiger partial charge >= 0.3 is 0 Å². The van der Waals surface area contributed by atoms with Crippen molar-refractivity contribution < 1.29 is 5.11 Å². The highest BCUT2D eigenvalue weighted by Gasteiger charge is 1.91. The molecule has 0 heterocycles. The Hall–Kier alpha value is -0.560. The molecule has 0 spiro atoms. The Bertz CT molecular complexity index is 240. The fourth-order valence-corrected chi connectivity index (χ4v) is 2.26. The fraction of sp³-hybridized carbons (Fsp3) is 0.789. The van der Waals surface area contributed by atoms with Gasteiger partial charge in [0.2, 0.25) is 0 Å². The van der Waals surface area contributed by atoms with Crippen molar-refractivity contribution >= 4 is 0 Å². The van der Waals surface area contributed by atoms with E-state index >= 15 is 0 Å². The van der Waals surface area contributed by atoms with Crippen LogP contribution in [0.3, 0.4) is 0 Å². The molecule has 0 aromatic rings. The molecular formula is C19H36O. The van der Waals surface area contributed by atoms with Gasteiger partial charge < -0.3 is 5.11 Å². The summed E-state index contributed by atoms with van der Waals surface area (Å²) < 4.78 is 0. The highest BCUT2D eigenvalue weighted by Crippen LogP contribution is 2.11. The zero-order chi connectivity index (χ0) is 14.9. The molecule has 20 heavy (non-hydrogen) atoms. The Labute approximate surface area is 127 Å². The van der Waals surface area contributed by atoms with Gasteiger partial charge in [0.15, 0.2) is 0 Å². The lowest BCUT2D eigenvalue weighted by Crippen LogP contribution is -1.84. The summed E-state index contributed by atoms with van der Waals surface area (Å²) in [6, 6.07) is 0. The highest BCUT2D eigenvalue weighted by atomic mass is 16.3. The predicted octanol–water partition coefficient (Wildman–Crippen LogP) is 6.18. The van der Waals surface area contributed by atoms with Gasteiger partial charge in [-0.15, -0.1) is 0 Å². The topological polar surface area (TPSA) is 20.2 Å². The molecule has 0 aliphatic rings. The van der Waals surface area contributed by atoms with Crippen LogP contribution in [0.15, 0.2) is 23.8 Å². The van der Waals surface area contributed by atoms with Crippen LogP contribution in [0, 0.1) is 0 Å². The Kier molecular flexibility index (Phi) is 16.0. The van der Waals surface area contributed by atoms with Crippen molar-refractivity contribution in [2.24, 2.45) is 0 Å². The van der Waals surface area contributed by atoms with Gasteiger partial charge in [-0.3, -0.25) is 0 Å². The molecule has 0 saturated heterocycles. The van der Waals surface area contributed by atoms with Gasteiger partial charge in [0.05, 0.1) is 6.61 Å². The molecule has 0 aromatic heterocycles.